The Morgan fingerprint density at radius 1 is 1.62 bits per heavy atom. The van der Waals surface area contributed by atoms with E-state index < -0.39 is 10.0 Å². The predicted octanol–water partition coefficient (Wildman–Crippen LogP) is 1.01. The predicted molar refractivity (Wildman–Crippen MR) is 63.8 cm³/mol. The molecule has 1 rings (SSSR count). The molecule has 5 nitrogen and oxygen atoms in total. The molecule has 0 aliphatic rings. The third kappa shape index (κ3) is 4.11. The fourth-order valence-corrected chi connectivity index (χ4v) is 2.82. The molecule has 0 amide bonds. The van der Waals surface area contributed by atoms with Crippen LogP contribution in [0.5, 0.6) is 0 Å². The zero-order valence-electron chi connectivity index (χ0n) is 9.33. The molecule has 16 heavy (non-hydrogen) atoms. The molecule has 1 atom stereocenters. The molecule has 0 bridgehead atoms. The number of aromatic amines is 1. The summed E-state index contributed by atoms with van der Waals surface area (Å²) in [5, 5.41) is 6.57. The molecule has 1 heterocycles. The number of rotatable bonds is 6. The summed E-state index contributed by atoms with van der Waals surface area (Å²) in [5.74, 6) is 0.337. The molecule has 0 radical (unpaired) electrons. The maximum absolute atomic E-state index is 11.6. The van der Waals surface area contributed by atoms with Crippen molar-refractivity contribution >= 4 is 21.6 Å². The highest BCUT2D eigenvalue weighted by atomic mass is 35.5. The number of nitrogens with zero attached hydrogens (tertiary/aromatic N) is 1. The lowest BCUT2D eigenvalue weighted by molar-refractivity contribution is 0.568. The van der Waals surface area contributed by atoms with Gasteiger partial charge in [-0.2, -0.15) is 5.10 Å². The van der Waals surface area contributed by atoms with Crippen molar-refractivity contribution in [2.45, 2.75) is 20.4 Å². The molecule has 0 saturated carbocycles. The van der Waals surface area contributed by atoms with Crippen LogP contribution in [-0.4, -0.2) is 30.2 Å². The van der Waals surface area contributed by atoms with Gasteiger partial charge in [0.1, 0.15) is 0 Å². The van der Waals surface area contributed by atoms with Crippen LogP contribution in [0.3, 0.4) is 0 Å². The number of hydrogen-bond donors (Lipinski definition) is 2. The second-order valence-electron chi connectivity index (χ2n) is 3.88. The van der Waals surface area contributed by atoms with Crippen molar-refractivity contribution in [3.63, 3.8) is 0 Å². The average molecular weight is 266 g/mol. The van der Waals surface area contributed by atoms with Crippen molar-refractivity contribution < 1.29 is 8.42 Å². The fraction of sp³-hybridized carbons (Fsp3) is 0.667. The van der Waals surface area contributed by atoms with Crippen molar-refractivity contribution in [3.8, 4) is 0 Å². The number of hydrogen-bond acceptors (Lipinski definition) is 3. The summed E-state index contributed by atoms with van der Waals surface area (Å²) in [7, 11) is -3.26. The normalized spacial score (nSPS) is 13.9. The fourth-order valence-electron chi connectivity index (χ4n) is 1.22. The van der Waals surface area contributed by atoms with Crippen molar-refractivity contribution in [2.75, 3.05) is 11.6 Å². The van der Waals surface area contributed by atoms with E-state index in [1.165, 1.54) is 0 Å². The molecule has 7 heteroatoms. The number of aromatic nitrogens is 2. The van der Waals surface area contributed by atoms with Gasteiger partial charge in [-0.3, -0.25) is 5.10 Å². The second-order valence-corrected chi connectivity index (χ2v) is 6.04. The van der Waals surface area contributed by atoms with Crippen LogP contribution in [0, 0.1) is 12.8 Å². The Kier molecular flexibility index (Phi) is 4.76. The van der Waals surface area contributed by atoms with Gasteiger partial charge in [0.2, 0.25) is 10.0 Å². The highest BCUT2D eigenvalue weighted by Gasteiger charge is 2.15. The summed E-state index contributed by atoms with van der Waals surface area (Å²) in [6.45, 7) is 3.91. The van der Waals surface area contributed by atoms with Gasteiger partial charge in [0.25, 0.3) is 0 Å². The number of H-pyrrole nitrogens is 1. The van der Waals surface area contributed by atoms with Crippen LogP contribution in [0.2, 0.25) is 0 Å². The number of nitrogens with one attached hydrogen (secondary N) is 2. The topological polar surface area (TPSA) is 74.8 Å². The van der Waals surface area contributed by atoms with Gasteiger partial charge in [0, 0.05) is 23.7 Å². The lowest BCUT2D eigenvalue weighted by Crippen LogP contribution is -2.29. The molecular formula is C9H16ClN3O2S. The first-order chi connectivity index (χ1) is 7.44. The van der Waals surface area contributed by atoms with Gasteiger partial charge < -0.3 is 0 Å². The van der Waals surface area contributed by atoms with E-state index >= 15 is 0 Å². The lowest BCUT2D eigenvalue weighted by atomic mass is 10.3. The Morgan fingerprint density at radius 3 is 2.81 bits per heavy atom. The lowest BCUT2D eigenvalue weighted by Gasteiger charge is -2.09. The molecule has 0 fully saturated rings. The molecule has 0 aromatic carbocycles. The molecule has 0 aliphatic heterocycles. The average Bonchev–Trinajstić information content (AvgIpc) is 2.60. The van der Waals surface area contributed by atoms with E-state index in [0.717, 1.165) is 11.3 Å². The van der Waals surface area contributed by atoms with Gasteiger partial charge in [0.05, 0.1) is 11.9 Å². The summed E-state index contributed by atoms with van der Waals surface area (Å²) in [6.07, 6.45) is 1.61. The first-order valence-electron chi connectivity index (χ1n) is 4.96. The van der Waals surface area contributed by atoms with Crippen molar-refractivity contribution in [1.29, 1.82) is 0 Å². The van der Waals surface area contributed by atoms with Crippen LogP contribution in [-0.2, 0) is 16.6 Å². The molecule has 92 valence electrons. The van der Waals surface area contributed by atoms with Crippen molar-refractivity contribution in [1.82, 2.24) is 14.9 Å². The maximum atomic E-state index is 11.6. The largest absolute Gasteiger partial charge is 0.283 e. The highest BCUT2D eigenvalue weighted by Crippen LogP contribution is 2.05. The zero-order valence-corrected chi connectivity index (χ0v) is 10.9. The van der Waals surface area contributed by atoms with E-state index in [-0.39, 0.29) is 18.2 Å². The van der Waals surface area contributed by atoms with Gasteiger partial charge >= 0.3 is 0 Å². The van der Waals surface area contributed by atoms with Crippen molar-refractivity contribution in [3.05, 3.63) is 17.5 Å². The smallest absolute Gasteiger partial charge is 0.212 e. The molecule has 1 aromatic heterocycles. The van der Waals surface area contributed by atoms with Crippen LogP contribution in [0.25, 0.3) is 0 Å². The monoisotopic (exact) mass is 265 g/mol. The van der Waals surface area contributed by atoms with E-state index in [9.17, 15) is 8.42 Å². The first kappa shape index (κ1) is 13.5. The molecule has 0 saturated heterocycles. The Balaban J connectivity index is 2.52. The van der Waals surface area contributed by atoms with Gasteiger partial charge in [-0.05, 0) is 12.8 Å². The Morgan fingerprint density at radius 2 is 2.31 bits per heavy atom. The first-order valence-corrected chi connectivity index (χ1v) is 7.15. The van der Waals surface area contributed by atoms with Crippen LogP contribution < -0.4 is 4.72 Å². The third-order valence-corrected chi connectivity index (χ3v) is 4.30. The summed E-state index contributed by atoms with van der Waals surface area (Å²) in [4.78, 5) is 0. The zero-order chi connectivity index (χ0) is 12.2. The standard InChI is InChI=1S/C9H16ClN3O2S/c1-7(3-10)6-16(14,15)12-5-9-4-11-13-8(9)2/h4,7,12H,3,5-6H2,1-2H3,(H,11,13). The number of alkyl halides is 1. The number of aryl methyl sites for hydroxylation is 1. The Bertz CT molecular complexity index is 430. The molecular weight excluding hydrogens is 250 g/mol. The quantitative estimate of drug-likeness (QED) is 0.754. The van der Waals surface area contributed by atoms with E-state index in [0.29, 0.717) is 5.88 Å². The molecule has 0 spiro atoms. The van der Waals surface area contributed by atoms with Crippen LogP contribution in [0.15, 0.2) is 6.20 Å². The van der Waals surface area contributed by atoms with E-state index in [4.69, 9.17) is 11.6 Å². The number of halogens is 1. The minimum Gasteiger partial charge on any atom is -0.283 e. The van der Waals surface area contributed by atoms with Gasteiger partial charge in [-0.15, -0.1) is 11.6 Å². The van der Waals surface area contributed by atoms with Gasteiger partial charge in [0.15, 0.2) is 0 Å². The van der Waals surface area contributed by atoms with Crippen LogP contribution in [0.4, 0.5) is 0 Å². The SMILES string of the molecule is Cc1[nH]ncc1CNS(=O)(=O)CC(C)CCl. The molecule has 1 unspecified atom stereocenters. The van der Waals surface area contributed by atoms with Crippen LogP contribution >= 0.6 is 11.6 Å². The molecule has 1 aromatic rings. The van der Waals surface area contributed by atoms with E-state index in [1.54, 1.807) is 13.1 Å². The molecule has 2 N–H and O–H groups in total. The van der Waals surface area contributed by atoms with E-state index in [1.807, 2.05) is 6.92 Å². The highest BCUT2D eigenvalue weighted by molar-refractivity contribution is 7.89. The Hall–Kier alpha value is -0.590. The van der Waals surface area contributed by atoms with Crippen molar-refractivity contribution in [2.24, 2.45) is 5.92 Å². The molecule has 0 aliphatic carbocycles. The van der Waals surface area contributed by atoms with Gasteiger partial charge in [-0.25, -0.2) is 13.1 Å². The number of sulfonamides is 1. The third-order valence-electron chi connectivity index (χ3n) is 2.18. The van der Waals surface area contributed by atoms with Crippen LogP contribution in [0.1, 0.15) is 18.2 Å². The Labute approximate surface area is 101 Å². The minimum absolute atomic E-state index is 0.0490. The minimum atomic E-state index is -3.26. The maximum Gasteiger partial charge on any atom is 0.212 e. The van der Waals surface area contributed by atoms with E-state index in [2.05, 4.69) is 14.9 Å². The second kappa shape index (κ2) is 5.65. The summed E-state index contributed by atoms with van der Waals surface area (Å²) in [6, 6.07) is 0. The van der Waals surface area contributed by atoms with Gasteiger partial charge in [-0.1, -0.05) is 6.92 Å². The summed E-state index contributed by atoms with van der Waals surface area (Å²) >= 11 is 5.58. The summed E-state index contributed by atoms with van der Waals surface area (Å²) in [5.41, 5.74) is 1.72. The summed E-state index contributed by atoms with van der Waals surface area (Å²) < 4.78 is 25.7.